The second-order valence-corrected chi connectivity index (χ2v) is 4.03. The van der Waals surface area contributed by atoms with Crippen molar-refractivity contribution < 1.29 is 10.3 Å². The van der Waals surface area contributed by atoms with Gasteiger partial charge in [-0.3, -0.25) is 0 Å². The van der Waals surface area contributed by atoms with E-state index in [9.17, 15) is 5.11 Å². The molecule has 5 N–H and O–H groups in total. The summed E-state index contributed by atoms with van der Waals surface area (Å²) in [5.41, 5.74) is 6.26. The highest BCUT2D eigenvalue weighted by Gasteiger charge is 2.09. The highest BCUT2D eigenvalue weighted by molar-refractivity contribution is 5.80. The predicted molar refractivity (Wildman–Crippen MR) is 66.9 cm³/mol. The number of benzene rings is 1. The van der Waals surface area contributed by atoms with Crippen LogP contribution in [-0.4, -0.2) is 28.7 Å². The van der Waals surface area contributed by atoms with Crippen molar-refractivity contribution in [2.45, 2.75) is 25.5 Å². The zero-order chi connectivity index (χ0) is 12.7. The minimum atomic E-state index is -0.550. The van der Waals surface area contributed by atoms with Crippen LogP contribution >= 0.6 is 0 Å². The van der Waals surface area contributed by atoms with Crippen LogP contribution < -0.4 is 11.1 Å². The predicted octanol–water partition coefficient (Wildman–Crippen LogP) is 0.835. The van der Waals surface area contributed by atoms with Crippen LogP contribution in [0, 0.1) is 0 Å². The van der Waals surface area contributed by atoms with Crippen LogP contribution in [0.3, 0.4) is 0 Å². The Morgan fingerprint density at radius 3 is 2.65 bits per heavy atom. The van der Waals surface area contributed by atoms with Gasteiger partial charge in [0.1, 0.15) is 5.84 Å². The van der Waals surface area contributed by atoms with Gasteiger partial charge in [0.15, 0.2) is 0 Å². The van der Waals surface area contributed by atoms with E-state index >= 15 is 0 Å². The molecule has 0 radical (unpaired) electrons. The first-order chi connectivity index (χ1) is 8.13. The topological polar surface area (TPSA) is 90.9 Å². The Balaban J connectivity index is 2.36. The van der Waals surface area contributed by atoms with Gasteiger partial charge in [0.05, 0.1) is 6.10 Å². The van der Waals surface area contributed by atoms with E-state index < -0.39 is 6.10 Å². The first-order valence-corrected chi connectivity index (χ1v) is 5.56. The van der Waals surface area contributed by atoms with Crippen molar-refractivity contribution in [3.8, 4) is 0 Å². The summed E-state index contributed by atoms with van der Waals surface area (Å²) in [7, 11) is 0. The number of hydrogen-bond donors (Lipinski definition) is 4. The molecule has 0 bridgehead atoms. The molecule has 0 aromatic heterocycles. The van der Waals surface area contributed by atoms with Gasteiger partial charge in [-0.2, -0.15) is 0 Å². The molecule has 0 aliphatic heterocycles. The fourth-order valence-corrected chi connectivity index (χ4v) is 1.53. The lowest BCUT2D eigenvalue weighted by Crippen LogP contribution is -2.34. The van der Waals surface area contributed by atoms with E-state index in [1.54, 1.807) is 0 Å². The SMILES string of the molecule is CC(CC(N)=NO)NCC(O)c1ccccc1. The molecule has 1 aromatic rings. The van der Waals surface area contributed by atoms with Crippen LogP contribution in [0.25, 0.3) is 0 Å². The van der Waals surface area contributed by atoms with Gasteiger partial charge >= 0.3 is 0 Å². The maximum atomic E-state index is 9.89. The van der Waals surface area contributed by atoms with Crippen LogP contribution in [-0.2, 0) is 0 Å². The van der Waals surface area contributed by atoms with E-state index in [1.807, 2.05) is 37.3 Å². The van der Waals surface area contributed by atoms with Gasteiger partial charge in [-0.05, 0) is 12.5 Å². The molecule has 17 heavy (non-hydrogen) atoms. The average Bonchev–Trinajstić information content (AvgIpc) is 2.36. The van der Waals surface area contributed by atoms with E-state index in [0.29, 0.717) is 13.0 Å². The molecule has 0 aliphatic carbocycles. The number of aliphatic hydroxyl groups is 1. The monoisotopic (exact) mass is 237 g/mol. The van der Waals surface area contributed by atoms with Crippen molar-refractivity contribution in [1.82, 2.24) is 5.32 Å². The third-order valence-electron chi connectivity index (χ3n) is 2.49. The number of hydrogen-bond acceptors (Lipinski definition) is 4. The summed E-state index contributed by atoms with van der Waals surface area (Å²) >= 11 is 0. The van der Waals surface area contributed by atoms with Crippen molar-refractivity contribution in [2.75, 3.05) is 6.54 Å². The summed E-state index contributed by atoms with van der Waals surface area (Å²) < 4.78 is 0. The van der Waals surface area contributed by atoms with E-state index in [4.69, 9.17) is 10.9 Å². The molecule has 0 heterocycles. The number of aliphatic hydroxyl groups excluding tert-OH is 1. The Bertz CT molecular complexity index is 354. The third-order valence-corrected chi connectivity index (χ3v) is 2.49. The minimum Gasteiger partial charge on any atom is -0.409 e. The first kappa shape index (κ1) is 13.5. The van der Waals surface area contributed by atoms with Crippen LogP contribution in [0.2, 0.25) is 0 Å². The number of nitrogens with two attached hydrogens (primary N) is 1. The summed E-state index contributed by atoms with van der Waals surface area (Å²) in [6.07, 6.45) is -0.108. The largest absolute Gasteiger partial charge is 0.409 e. The molecular weight excluding hydrogens is 218 g/mol. The van der Waals surface area contributed by atoms with Gasteiger partial charge < -0.3 is 21.4 Å². The van der Waals surface area contributed by atoms with Gasteiger partial charge in [0.2, 0.25) is 0 Å². The molecule has 5 heteroatoms. The van der Waals surface area contributed by atoms with Gasteiger partial charge in [-0.15, -0.1) is 0 Å². The molecule has 1 rings (SSSR count). The molecule has 2 atom stereocenters. The van der Waals surface area contributed by atoms with Crippen LogP contribution in [0.15, 0.2) is 35.5 Å². The number of amidine groups is 1. The maximum absolute atomic E-state index is 9.89. The van der Waals surface area contributed by atoms with Crippen LogP contribution in [0.1, 0.15) is 25.0 Å². The van der Waals surface area contributed by atoms with Crippen molar-refractivity contribution in [2.24, 2.45) is 10.9 Å². The van der Waals surface area contributed by atoms with Crippen molar-refractivity contribution in [3.05, 3.63) is 35.9 Å². The molecule has 0 fully saturated rings. The lowest BCUT2D eigenvalue weighted by atomic mass is 10.1. The van der Waals surface area contributed by atoms with E-state index in [2.05, 4.69) is 10.5 Å². The van der Waals surface area contributed by atoms with Gasteiger partial charge in [0, 0.05) is 19.0 Å². The molecule has 94 valence electrons. The third kappa shape index (κ3) is 4.84. The molecule has 5 nitrogen and oxygen atoms in total. The van der Waals surface area contributed by atoms with Gasteiger partial charge in [0.25, 0.3) is 0 Å². The second kappa shape index (κ2) is 6.88. The van der Waals surface area contributed by atoms with Gasteiger partial charge in [-0.25, -0.2) is 0 Å². The summed E-state index contributed by atoms with van der Waals surface area (Å²) in [5, 5.41) is 24.3. The lowest BCUT2D eigenvalue weighted by Gasteiger charge is -2.16. The summed E-state index contributed by atoms with van der Waals surface area (Å²) in [5.74, 6) is 0.180. The first-order valence-electron chi connectivity index (χ1n) is 5.56. The summed E-state index contributed by atoms with van der Waals surface area (Å²) in [4.78, 5) is 0. The van der Waals surface area contributed by atoms with Gasteiger partial charge in [-0.1, -0.05) is 35.5 Å². The molecule has 0 saturated carbocycles. The highest BCUT2D eigenvalue weighted by Crippen LogP contribution is 2.10. The quantitative estimate of drug-likeness (QED) is 0.255. The smallest absolute Gasteiger partial charge is 0.140 e. The molecule has 1 aromatic carbocycles. The van der Waals surface area contributed by atoms with Crippen molar-refractivity contribution in [1.29, 1.82) is 0 Å². The highest BCUT2D eigenvalue weighted by atomic mass is 16.4. The van der Waals surface area contributed by atoms with Crippen molar-refractivity contribution >= 4 is 5.84 Å². The van der Waals surface area contributed by atoms with Crippen LogP contribution in [0.4, 0.5) is 0 Å². The Morgan fingerprint density at radius 1 is 1.41 bits per heavy atom. The fraction of sp³-hybridized carbons (Fsp3) is 0.417. The Hall–Kier alpha value is -1.59. The Labute approximate surface area is 101 Å². The Morgan fingerprint density at radius 2 is 2.06 bits per heavy atom. The molecule has 0 saturated heterocycles. The second-order valence-electron chi connectivity index (χ2n) is 4.03. The molecule has 0 aliphatic rings. The molecule has 0 amide bonds. The Kier molecular flexibility index (Phi) is 5.45. The summed E-state index contributed by atoms with van der Waals surface area (Å²) in [6, 6.07) is 9.48. The number of oxime groups is 1. The zero-order valence-electron chi connectivity index (χ0n) is 9.87. The number of nitrogens with zero attached hydrogens (tertiary/aromatic N) is 1. The molecule has 0 spiro atoms. The average molecular weight is 237 g/mol. The molecular formula is C12H19N3O2. The van der Waals surface area contributed by atoms with E-state index in [-0.39, 0.29) is 11.9 Å². The maximum Gasteiger partial charge on any atom is 0.140 e. The van der Waals surface area contributed by atoms with E-state index in [1.165, 1.54) is 0 Å². The fourth-order valence-electron chi connectivity index (χ4n) is 1.53. The van der Waals surface area contributed by atoms with Crippen molar-refractivity contribution in [3.63, 3.8) is 0 Å². The summed E-state index contributed by atoms with van der Waals surface area (Å²) in [6.45, 7) is 2.35. The number of rotatable bonds is 6. The normalized spacial score (nSPS) is 15.5. The lowest BCUT2D eigenvalue weighted by molar-refractivity contribution is 0.171. The minimum absolute atomic E-state index is 0.0456. The zero-order valence-corrected chi connectivity index (χ0v) is 9.87. The van der Waals surface area contributed by atoms with E-state index in [0.717, 1.165) is 5.56 Å². The standard InChI is InChI=1S/C12H19N3O2/c1-9(7-12(13)15-17)14-8-11(16)10-5-3-2-4-6-10/h2-6,9,11,14,16-17H,7-8H2,1H3,(H2,13,15). The number of nitrogens with one attached hydrogen (secondary N) is 1. The molecule has 2 unspecified atom stereocenters. The van der Waals surface area contributed by atoms with Crippen LogP contribution in [0.5, 0.6) is 0 Å².